The molecule has 0 radical (unpaired) electrons. The van der Waals surface area contributed by atoms with Crippen LogP contribution in [0.2, 0.25) is 0 Å². The van der Waals surface area contributed by atoms with Gasteiger partial charge >= 0.3 is 5.97 Å². The van der Waals surface area contributed by atoms with Crippen molar-refractivity contribution in [3.63, 3.8) is 0 Å². The van der Waals surface area contributed by atoms with Crippen LogP contribution in [0.15, 0.2) is 84.2 Å². The maximum Gasteiger partial charge on any atom is 0.336 e. The molecule has 0 amide bonds. The third kappa shape index (κ3) is 5.02. The van der Waals surface area contributed by atoms with Crippen LogP contribution in [-0.2, 0) is 20.9 Å². The lowest BCUT2D eigenvalue weighted by molar-refractivity contribution is -0.136. The Morgan fingerprint density at radius 3 is 2.03 bits per heavy atom. The zero-order valence-electron chi connectivity index (χ0n) is 15.5. The molecule has 7 heteroatoms. The van der Waals surface area contributed by atoms with E-state index in [1.54, 1.807) is 17.3 Å². The smallest absolute Gasteiger partial charge is 0.336 e. The Morgan fingerprint density at radius 2 is 1.48 bits per heavy atom. The maximum absolute atomic E-state index is 13.0. The second-order valence-corrected chi connectivity index (χ2v) is 8.77. The molecule has 150 valence electrons. The van der Waals surface area contributed by atoms with Crippen molar-refractivity contribution in [3.05, 3.63) is 95.3 Å². The molecule has 2 aromatic carbocycles. The predicted octanol–water partition coefficient (Wildman–Crippen LogP) is 5.17. The van der Waals surface area contributed by atoms with Crippen LogP contribution in [0.5, 0.6) is 0 Å². The van der Waals surface area contributed by atoms with Gasteiger partial charge in [0.2, 0.25) is 5.78 Å². The minimum Gasteiger partial charge on any atom is -0.466 e. The molecule has 1 atom stereocenters. The van der Waals surface area contributed by atoms with E-state index in [2.05, 4.69) is 0 Å². The van der Waals surface area contributed by atoms with Crippen molar-refractivity contribution in [2.45, 2.75) is 16.3 Å². The van der Waals surface area contributed by atoms with Gasteiger partial charge in [-0.3, -0.25) is 4.79 Å². The third-order valence-corrected chi connectivity index (χ3v) is 5.03. The fourth-order valence-electron chi connectivity index (χ4n) is 3.24. The summed E-state index contributed by atoms with van der Waals surface area (Å²) < 4.78 is 2.83. The number of carbonyl (C=O) groups excluding carboxylic acids is 2. The van der Waals surface area contributed by atoms with Gasteiger partial charge in [0.05, 0.1) is 12.7 Å². The highest BCUT2D eigenvalue weighted by Gasteiger charge is 2.41. The number of rotatable bonds is 5. The number of Topliss-reactive ketones (excluding diaryl/α,β-unsaturated/α-hetero) is 1. The minimum absolute atomic E-state index is 0.204. The van der Waals surface area contributed by atoms with E-state index in [1.165, 1.54) is 7.11 Å². The molecular formula is C22H18Cl3NO3. The number of ether oxygens (including phenoxy) is 1. The molecule has 0 aromatic heterocycles. The van der Waals surface area contributed by atoms with Gasteiger partial charge in [0.15, 0.2) is 0 Å². The fourth-order valence-corrected chi connectivity index (χ4v) is 3.57. The average molecular weight is 451 g/mol. The number of benzene rings is 2. The van der Waals surface area contributed by atoms with E-state index >= 15 is 0 Å². The molecule has 2 aromatic rings. The van der Waals surface area contributed by atoms with Crippen molar-refractivity contribution in [3.8, 4) is 0 Å². The summed E-state index contributed by atoms with van der Waals surface area (Å²) in [6, 6.07) is 18.7. The van der Waals surface area contributed by atoms with Crippen molar-refractivity contribution in [2.75, 3.05) is 7.11 Å². The van der Waals surface area contributed by atoms with Gasteiger partial charge in [-0.25, -0.2) is 4.79 Å². The van der Waals surface area contributed by atoms with Gasteiger partial charge in [0, 0.05) is 30.4 Å². The molecule has 1 aliphatic rings. The van der Waals surface area contributed by atoms with Crippen LogP contribution in [-0.4, -0.2) is 27.6 Å². The number of methoxy groups -OCH3 is 1. The Hall–Kier alpha value is -2.27. The van der Waals surface area contributed by atoms with E-state index in [-0.39, 0.29) is 11.1 Å². The van der Waals surface area contributed by atoms with Crippen LogP contribution in [0.3, 0.4) is 0 Å². The summed E-state index contributed by atoms with van der Waals surface area (Å²) in [4.78, 5) is 27.3. The van der Waals surface area contributed by atoms with Crippen LogP contribution in [0, 0.1) is 0 Å². The van der Waals surface area contributed by atoms with E-state index in [0.29, 0.717) is 6.54 Å². The molecule has 0 fully saturated rings. The molecule has 3 rings (SSSR count). The predicted molar refractivity (Wildman–Crippen MR) is 115 cm³/mol. The first-order valence-electron chi connectivity index (χ1n) is 8.79. The third-order valence-electron chi connectivity index (χ3n) is 4.51. The van der Waals surface area contributed by atoms with Crippen molar-refractivity contribution in [1.29, 1.82) is 0 Å². The molecule has 1 unspecified atom stereocenters. The molecule has 4 nitrogen and oxygen atoms in total. The van der Waals surface area contributed by atoms with Crippen LogP contribution in [0.4, 0.5) is 0 Å². The number of nitrogens with zero attached hydrogens (tertiary/aromatic N) is 1. The van der Waals surface area contributed by atoms with Crippen LogP contribution in [0.25, 0.3) is 0 Å². The summed E-state index contributed by atoms with van der Waals surface area (Å²) in [6.45, 7) is 0.430. The molecule has 1 heterocycles. The van der Waals surface area contributed by atoms with Crippen LogP contribution in [0.1, 0.15) is 17.0 Å². The molecule has 0 saturated heterocycles. The van der Waals surface area contributed by atoms with E-state index in [1.807, 2.05) is 60.7 Å². The number of allylic oxidation sites excluding steroid dienone is 1. The van der Waals surface area contributed by atoms with Gasteiger partial charge in [0.1, 0.15) is 0 Å². The Bertz CT molecular complexity index is 950. The van der Waals surface area contributed by atoms with Crippen molar-refractivity contribution in [1.82, 2.24) is 4.90 Å². The SMILES string of the molecule is COC(=O)C1=CN(Cc2ccccc2)C=C(C(=O)C(Cl)(Cl)Cl)C1c1ccccc1. The first-order valence-corrected chi connectivity index (χ1v) is 9.92. The maximum atomic E-state index is 13.0. The Kier molecular flexibility index (Phi) is 6.68. The van der Waals surface area contributed by atoms with Crippen molar-refractivity contribution >= 4 is 46.6 Å². The summed E-state index contributed by atoms with van der Waals surface area (Å²) in [5.41, 5.74) is 2.20. The largest absolute Gasteiger partial charge is 0.466 e. The van der Waals surface area contributed by atoms with Gasteiger partial charge in [0.25, 0.3) is 3.79 Å². The minimum atomic E-state index is -2.16. The molecule has 0 bridgehead atoms. The monoisotopic (exact) mass is 449 g/mol. The molecular weight excluding hydrogens is 433 g/mol. The highest BCUT2D eigenvalue weighted by Crippen LogP contribution is 2.42. The quantitative estimate of drug-likeness (QED) is 0.466. The Labute approximate surface area is 184 Å². The number of ketones is 1. The summed E-state index contributed by atoms with van der Waals surface area (Å²) in [5, 5.41) is 0. The summed E-state index contributed by atoms with van der Waals surface area (Å²) >= 11 is 17.8. The Balaban J connectivity index is 2.11. The highest BCUT2D eigenvalue weighted by atomic mass is 35.6. The fraction of sp³-hybridized carbons (Fsp3) is 0.182. The van der Waals surface area contributed by atoms with Crippen LogP contribution >= 0.6 is 34.8 Å². The highest BCUT2D eigenvalue weighted by molar-refractivity contribution is 6.77. The zero-order chi connectivity index (χ0) is 21.0. The molecule has 0 saturated carbocycles. The van der Waals surface area contributed by atoms with Crippen LogP contribution < -0.4 is 0 Å². The number of esters is 1. The first kappa shape index (κ1) is 21.4. The first-order chi connectivity index (χ1) is 13.8. The molecule has 1 aliphatic heterocycles. The lowest BCUT2D eigenvalue weighted by Gasteiger charge is -2.31. The molecule has 0 aliphatic carbocycles. The lowest BCUT2D eigenvalue weighted by atomic mass is 9.81. The van der Waals surface area contributed by atoms with Gasteiger partial charge in [-0.2, -0.15) is 0 Å². The number of hydrogen-bond acceptors (Lipinski definition) is 4. The van der Waals surface area contributed by atoms with E-state index < -0.39 is 21.5 Å². The van der Waals surface area contributed by atoms with Gasteiger partial charge in [-0.05, 0) is 11.1 Å². The molecule has 0 N–H and O–H groups in total. The molecule has 29 heavy (non-hydrogen) atoms. The lowest BCUT2D eigenvalue weighted by Crippen LogP contribution is -2.32. The summed E-state index contributed by atoms with van der Waals surface area (Å²) in [5.74, 6) is -1.96. The van der Waals surface area contributed by atoms with Crippen molar-refractivity contribution < 1.29 is 14.3 Å². The van der Waals surface area contributed by atoms with Gasteiger partial charge < -0.3 is 9.64 Å². The summed E-state index contributed by atoms with van der Waals surface area (Å²) in [7, 11) is 1.29. The number of halogens is 3. The van der Waals surface area contributed by atoms with E-state index in [4.69, 9.17) is 39.5 Å². The van der Waals surface area contributed by atoms with E-state index in [0.717, 1.165) is 11.1 Å². The standard InChI is InChI=1S/C22H18Cl3NO3/c1-29-21(28)18-14-26(12-15-8-4-2-5-9-15)13-17(20(27)22(23,24)25)19(18)16-10-6-3-7-11-16/h2-11,13-14,19H,12H2,1H3. The Morgan fingerprint density at radius 1 is 0.931 bits per heavy atom. The van der Waals surface area contributed by atoms with Gasteiger partial charge in [-0.1, -0.05) is 95.5 Å². The second kappa shape index (κ2) is 9.04. The second-order valence-electron chi connectivity index (χ2n) is 6.49. The number of alkyl halides is 3. The topological polar surface area (TPSA) is 46.6 Å². The van der Waals surface area contributed by atoms with E-state index in [9.17, 15) is 9.59 Å². The van der Waals surface area contributed by atoms with Gasteiger partial charge in [-0.15, -0.1) is 0 Å². The average Bonchev–Trinajstić information content (AvgIpc) is 2.72. The molecule has 0 spiro atoms. The zero-order valence-corrected chi connectivity index (χ0v) is 17.8. The van der Waals surface area contributed by atoms with Crippen molar-refractivity contribution in [2.24, 2.45) is 0 Å². The number of hydrogen-bond donors (Lipinski definition) is 0. The summed E-state index contributed by atoms with van der Waals surface area (Å²) in [6.07, 6.45) is 3.30. The normalized spacial score (nSPS) is 16.7. The number of carbonyl (C=O) groups is 2.